The van der Waals surface area contributed by atoms with E-state index in [0.717, 1.165) is 12.1 Å². The molecule has 0 spiro atoms. The normalized spacial score (nSPS) is 11.0. The molecule has 1 heterocycles. The second-order valence-corrected chi connectivity index (χ2v) is 5.67. The number of benzene rings is 2. The van der Waals surface area contributed by atoms with Crippen LogP contribution in [0.3, 0.4) is 0 Å². The first-order valence-corrected chi connectivity index (χ1v) is 7.19. The maximum atomic E-state index is 13.6. The van der Waals surface area contributed by atoms with Gasteiger partial charge in [0.2, 0.25) is 5.43 Å². The fourth-order valence-electron chi connectivity index (χ4n) is 2.73. The highest BCUT2D eigenvalue weighted by atomic mass is 35.5. The minimum atomic E-state index is -1.48. The third-order valence-electron chi connectivity index (χ3n) is 3.71. The highest BCUT2D eigenvalue weighted by molar-refractivity contribution is 6.31. The Morgan fingerprint density at radius 2 is 1.75 bits per heavy atom. The summed E-state index contributed by atoms with van der Waals surface area (Å²) < 4.78 is 28.5. The van der Waals surface area contributed by atoms with Crippen LogP contribution in [0.2, 0.25) is 5.02 Å². The second kappa shape index (κ2) is 5.72. The summed E-state index contributed by atoms with van der Waals surface area (Å²) in [6.45, 7) is 0. The van der Waals surface area contributed by atoms with Gasteiger partial charge in [0.25, 0.3) is 0 Å². The summed E-state index contributed by atoms with van der Waals surface area (Å²) in [6, 6.07) is 6.99. The number of nitrogens with zero attached hydrogens (tertiary/aromatic N) is 1. The molecular formula is C17H10ClF2NO3. The molecule has 0 radical (unpaired) electrons. The van der Waals surface area contributed by atoms with Gasteiger partial charge in [0.1, 0.15) is 17.2 Å². The smallest absolute Gasteiger partial charge is 0.341 e. The number of carbonyl (C=O) groups is 1. The highest BCUT2D eigenvalue weighted by Crippen LogP contribution is 2.28. The van der Waals surface area contributed by atoms with Gasteiger partial charge in [0.05, 0.1) is 11.2 Å². The van der Waals surface area contributed by atoms with Gasteiger partial charge in [-0.05, 0) is 30.3 Å². The van der Waals surface area contributed by atoms with Crippen molar-refractivity contribution in [1.82, 2.24) is 4.57 Å². The summed E-state index contributed by atoms with van der Waals surface area (Å²) in [5.41, 5.74) is -1.09. The zero-order valence-electron chi connectivity index (χ0n) is 12.3. The van der Waals surface area contributed by atoms with Gasteiger partial charge in [-0.3, -0.25) is 4.79 Å². The standard InChI is InChI=1S/C17H10ClF2NO3/c1-21-13-6-9(18)2-3-12(13)16(22)14(17(23)24)15(21)8-4-10(19)7-11(20)5-8/h2-7H,1H3,(H,23,24). The molecule has 2 aromatic carbocycles. The van der Waals surface area contributed by atoms with Crippen molar-refractivity contribution in [3.05, 3.63) is 68.8 Å². The summed E-state index contributed by atoms with van der Waals surface area (Å²) in [4.78, 5) is 24.2. The van der Waals surface area contributed by atoms with E-state index in [1.54, 1.807) is 0 Å². The minimum Gasteiger partial charge on any atom is -0.477 e. The number of pyridine rings is 1. The van der Waals surface area contributed by atoms with Crippen molar-refractivity contribution in [1.29, 1.82) is 0 Å². The van der Waals surface area contributed by atoms with Gasteiger partial charge in [-0.1, -0.05) is 11.6 Å². The van der Waals surface area contributed by atoms with E-state index in [1.165, 1.54) is 29.8 Å². The Labute approximate surface area is 139 Å². The van der Waals surface area contributed by atoms with Gasteiger partial charge in [-0.2, -0.15) is 0 Å². The minimum absolute atomic E-state index is 0.0497. The molecule has 3 aromatic rings. The average molecular weight is 350 g/mol. The Bertz CT molecular complexity index is 1040. The third kappa shape index (κ3) is 2.55. The molecule has 3 rings (SSSR count). The molecule has 0 unspecified atom stereocenters. The summed E-state index contributed by atoms with van der Waals surface area (Å²) in [6.07, 6.45) is 0. The molecule has 1 N–H and O–H groups in total. The van der Waals surface area contributed by atoms with E-state index < -0.39 is 28.6 Å². The number of aryl methyl sites for hydroxylation is 1. The molecule has 7 heteroatoms. The monoisotopic (exact) mass is 349 g/mol. The molecule has 0 aliphatic carbocycles. The number of hydrogen-bond acceptors (Lipinski definition) is 2. The molecular weight excluding hydrogens is 340 g/mol. The molecule has 1 aromatic heterocycles. The van der Waals surface area contributed by atoms with Crippen molar-refractivity contribution in [3.63, 3.8) is 0 Å². The van der Waals surface area contributed by atoms with Gasteiger partial charge in [-0.15, -0.1) is 0 Å². The molecule has 0 amide bonds. The van der Waals surface area contributed by atoms with Crippen LogP contribution in [0.15, 0.2) is 41.2 Å². The molecule has 0 saturated heterocycles. The first-order valence-electron chi connectivity index (χ1n) is 6.81. The zero-order chi connectivity index (χ0) is 17.6. The molecule has 0 fully saturated rings. The number of aromatic nitrogens is 1. The fourth-order valence-corrected chi connectivity index (χ4v) is 2.90. The molecule has 4 nitrogen and oxygen atoms in total. The fraction of sp³-hybridized carbons (Fsp3) is 0.0588. The SMILES string of the molecule is Cn1c(-c2cc(F)cc(F)c2)c(C(=O)O)c(=O)c2ccc(Cl)cc21. The second-order valence-electron chi connectivity index (χ2n) is 5.24. The van der Waals surface area contributed by atoms with E-state index in [1.807, 2.05) is 0 Å². The Morgan fingerprint density at radius 3 is 2.33 bits per heavy atom. The zero-order valence-corrected chi connectivity index (χ0v) is 13.1. The predicted molar refractivity (Wildman–Crippen MR) is 86.5 cm³/mol. The molecule has 0 aliphatic heterocycles. The van der Waals surface area contributed by atoms with Gasteiger partial charge in [0.15, 0.2) is 0 Å². The van der Waals surface area contributed by atoms with Crippen LogP contribution >= 0.6 is 11.6 Å². The van der Waals surface area contributed by atoms with E-state index in [4.69, 9.17) is 11.6 Å². The van der Waals surface area contributed by atoms with Crippen molar-refractivity contribution in [2.75, 3.05) is 0 Å². The maximum Gasteiger partial charge on any atom is 0.341 e. The van der Waals surface area contributed by atoms with Crippen LogP contribution in [0.4, 0.5) is 8.78 Å². The lowest BCUT2D eigenvalue weighted by molar-refractivity contribution is 0.0696. The van der Waals surface area contributed by atoms with Crippen LogP contribution in [0.5, 0.6) is 0 Å². The first kappa shape index (κ1) is 16.1. The molecule has 24 heavy (non-hydrogen) atoms. The first-order chi connectivity index (χ1) is 11.3. The molecule has 0 bridgehead atoms. The Kier molecular flexibility index (Phi) is 3.85. The summed E-state index contributed by atoms with van der Waals surface area (Å²) >= 11 is 5.94. The van der Waals surface area contributed by atoms with Gasteiger partial charge < -0.3 is 9.67 Å². The van der Waals surface area contributed by atoms with Crippen molar-refractivity contribution in [2.45, 2.75) is 0 Å². The van der Waals surface area contributed by atoms with Crippen molar-refractivity contribution < 1.29 is 18.7 Å². The topological polar surface area (TPSA) is 59.3 Å². The number of hydrogen-bond donors (Lipinski definition) is 1. The number of aromatic carboxylic acids is 1. The highest BCUT2D eigenvalue weighted by Gasteiger charge is 2.22. The molecule has 0 saturated carbocycles. The van der Waals surface area contributed by atoms with E-state index in [0.29, 0.717) is 16.6 Å². The Hall–Kier alpha value is -2.73. The van der Waals surface area contributed by atoms with E-state index in [2.05, 4.69) is 0 Å². The molecule has 122 valence electrons. The number of fused-ring (bicyclic) bond motifs is 1. The van der Waals surface area contributed by atoms with Crippen LogP contribution in [0.1, 0.15) is 10.4 Å². The quantitative estimate of drug-likeness (QED) is 0.764. The summed E-state index contributed by atoms with van der Waals surface area (Å²) in [5.74, 6) is -3.23. The lowest BCUT2D eigenvalue weighted by Gasteiger charge is -2.16. The average Bonchev–Trinajstić information content (AvgIpc) is 2.49. The van der Waals surface area contributed by atoms with E-state index in [-0.39, 0.29) is 16.6 Å². The van der Waals surface area contributed by atoms with Crippen LogP contribution in [-0.4, -0.2) is 15.6 Å². The number of rotatable bonds is 2. The maximum absolute atomic E-state index is 13.6. The van der Waals surface area contributed by atoms with Crippen molar-refractivity contribution in [2.24, 2.45) is 7.05 Å². The van der Waals surface area contributed by atoms with Crippen LogP contribution < -0.4 is 5.43 Å². The summed E-state index contributed by atoms with van der Waals surface area (Å²) in [5, 5.41) is 9.96. The number of carboxylic acid groups (broad SMARTS) is 1. The van der Waals surface area contributed by atoms with Crippen molar-refractivity contribution in [3.8, 4) is 11.3 Å². The number of halogens is 3. The largest absolute Gasteiger partial charge is 0.477 e. The van der Waals surface area contributed by atoms with E-state index in [9.17, 15) is 23.5 Å². The third-order valence-corrected chi connectivity index (χ3v) is 3.95. The van der Waals surface area contributed by atoms with Crippen LogP contribution in [0, 0.1) is 11.6 Å². The van der Waals surface area contributed by atoms with Crippen LogP contribution in [-0.2, 0) is 7.05 Å². The Balaban J connectivity index is 2.54. The molecule has 0 atom stereocenters. The lowest BCUT2D eigenvalue weighted by atomic mass is 10.0. The predicted octanol–water partition coefficient (Wildman–Crippen LogP) is 3.84. The van der Waals surface area contributed by atoms with E-state index >= 15 is 0 Å². The number of carboxylic acids is 1. The Morgan fingerprint density at radius 1 is 1.12 bits per heavy atom. The van der Waals surface area contributed by atoms with Gasteiger partial charge in [-0.25, -0.2) is 13.6 Å². The van der Waals surface area contributed by atoms with Gasteiger partial charge in [0, 0.05) is 29.1 Å². The van der Waals surface area contributed by atoms with Crippen LogP contribution in [0.25, 0.3) is 22.2 Å². The lowest BCUT2D eigenvalue weighted by Crippen LogP contribution is -2.21. The van der Waals surface area contributed by atoms with Gasteiger partial charge >= 0.3 is 5.97 Å². The molecule has 0 aliphatic rings. The summed E-state index contributed by atoms with van der Waals surface area (Å²) in [7, 11) is 1.50. The van der Waals surface area contributed by atoms with Crippen molar-refractivity contribution >= 4 is 28.5 Å².